The van der Waals surface area contributed by atoms with E-state index in [9.17, 15) is 9.59 Å². The van der Waals surface area contributed by atoms with Gasteiger partial charge in [0.1, 0.15) is 6.54 Å². The quantitative estimate of drug-likeness (QED) is 0.856. The Bertz CT molecular complexity index is 312. The lowest BCUT2D eigenvalue weighted by atomic mass is 9.89. The normalized spacial score (nSPS) is 18.5. The molecule has 19 heavy (non-hydrogen) atoms. The summed E-state index contributed by atoms with van der Waals surface area (Å²) in [5, 5.41) is 9.00. The molecular weight excluding hydrogens is 242 g/mol. The highest BCUT2D eigenvalue weighted by Gasteiger charge is 2.32. The first kappa shape index (κ1) is 16.0. The fourth-order valence-electron chi connectivity index (χ4n) is 2.70. The molecule has 110 valence electrons. The molecule has 0 radical (unpaired) electrons. The van der Waals surface area contributed by atoms with E-state index >= 15 is 0 Å². The van der Waals surface area contributed by atoms with Gasteiger partial charge in [-0.05, 0) is 33.6 Å². The Kier molecular flexibility index (Phi) is 5.83. The minimum absolute atomic E-state index is 0.0128. The highest BCUT2D eigenvalue weighted by Crippen LogP contribution is 2.26. The van der Waals surface area contributed by atoms with Crippen molar-refractivity contribution in [2.75, 3.05) is 6.54 Å². The van der Waals surface area contributed by atoms with Crippen LogP contribution in [0.1, 0.15) is 65.7 Å². The van der Waals surface area contributed by atoms with Gasteiger partial charge in [0, 0.05) is 11.5 Å². The fourth-order valence-corrected chi connectivity index (χ4v) is 2.70. The summed E-state index contributed by atoms with van der Waals surface area (Å²) in [7, 11) is 0. The molecule has 4 heteroatoms. The second-order valence-electron chi connectivity index (χ2n) is 6.53. The smallest absolute Gasteiger partial charge is 0.323 e. The zero-order valence-corrected chi connectivity index (χ0v) is 12.4. The Labute approximate surface area is 116 Å². The summed E-state index contributed by atoms with van der Waals surface area (Å²) in [6, 6.07) is 0. The van der Waals surface area contributed by atoms with Crippen molar-refractivity contribution < 1.29 is 14.7 Å². The Morgan fingerprint density at radius 3 is 1.95 bits per heavy atom. The van der Waals surface area contributed by atoms with Gasteiger partial charge in [0.25, 0.3) is 0 Å². The molecule has 1 aliphatic carbocycles. The predicted octanol–water partition coefficient (Wildman–Crippen LogP) is 3.06. The van der Waals surface area contributed by atoms with E-state index in [0.717, 1.165) is 25.7 Å². The lowest BCUT2D eigenvalue weighted by Crippen LogP contribution is -2.50. The molecule has 1 rings (SSSR count). The van der Waals surface area contributed by atoms with E-state index in [-0.39, 0.29) is 18.4 Å². The fraction of sp³-hybridized carbons (Fsp3) is 0.867. The van der Waals surface area contributed by atoms with Gasteiger partial charge in [-0.25, -0.2) is 0 Å². The predicted molar refractivity (Wildman–Crippen MR) is 74.9 cm³/mol. The van der Waals surface area contributed by atoms with Crippen LogP contribution in [0.4, 0.5) is 0 Å². The monoisotopic (exact) mass is 269 g/mol. The number of carbonyl (C=O) groups excluding carboxylic acids is 1. The summed E-state index contributed by atoms with van der Waals surface area (Å²) in [6.07, 6.45) is 7.63. The summed E-state index contributed by atoms with van der Waals surface area (Å²) in [5.41, 5.74) is -0.433. The number of rotatable bonds is 3. The Hall–Kier alpha value is -1.06. The summed E-state index contributed by atoms with van der Waals surface area (Å²) in [4.78, 5) is 25.1. The van der Waals surface area contributed by atoms with Crippen molar-refractivity contribution in [3.63, 3.8) is 0 Å². The van der Waals surface area contributed by atoms with Gasteiger partial charge in [-0.15, -0.1) is 0 Å². The second-order valence-corrected chi connectivity index (χ2v) is 6.53. The minimum Gasteiger partial charge on any atom is -0.480 e. The van der Waals surface area contributed by atoms with Crippen LogP contribution in [0.5, 0.6) is 0 Å². The first-order chi connectivity index (χ1) is 8.82. The Balaban J connectivity index is 2.76. The number of aliphatic carboxylic acids is 1. The lowest BCUT2D eigenvalue weighted by molar-refractivity contribution is -0.151. The molecule has 0 saturated heterocycles. The Morgan fingerprint density at radius 2 is 1.53 bits per heavy atom. The van der Waals surface area contributed by atoms with E-state index in [2.05, 4.69) is 0 Å². The van der Waals surface area contributed by atoms with Crippen molar-refractivity contribution in [1.29, 1.82) is 0 Å². The molecule has 1 amide bonds. The van der Waals surface area contributed by atoms with Gasteiger partial charge < -0.3 is 10.0 Å². The molecule has 0 aromatic carbocycles. The maximum absolute atomic E-state index is 12.6. The maximum atomic E-state index is 12.6. The second kappa shape index (κ2) is 6.92. The largest absolute Gasteiger partial charge is 0.480 e. The van der Waals surface area contributed by atoms with E-state index in [1.807, 2.05) is 20.8 Å². The topological polar surface area (TPSA) is 57.6 Å². The summed E-state index contributed by atoms with van der Waals surface area (Å²) in [6.45, 7) is 5.50. The summed E-state index contributed by atoms with van der Waals surface area (Å²) >= 11 is 0. The van der Waals surface area contributed by atoms with Crippen LogP contribution in [-0.2, 0) is 9.59 Å². The van der Waals surface area contributed by atoms with Crippen LogP contribution in [0, 0.1) is 5.92 Å². The van der Waals surface area contributed by atoms with Crippen LogP contribution in [0.25, 0.3) is 0 Å². The van der Waals surface area contributed by atoms with Crippen LogP contribution < -0.4 is 0 Å². The van der Waals surface area contributed by atoms with Crippen LogP contribution in [0.2, 0.25) is 0 Å². The molecule has 0 atom stereocenters. The average Bonchev–Trinajstić information content (AvgIpc) is 2.22. The molecule has 1 aliphatic rings. The number of amides is 1. The molecule has 0 spiro atoms. The third-order valence-corrected chi connectivity index (χ3v) is 3.82. The number of hydrogen-bond acceptors (Lipinski definition) is 2. The lowest BCUT2D eigenvalue weighted by Gasteiger charge is -2.37. The van der Waals surface area contributed by atoms with E-state index in [1.165, 1.54) is 24.2 Å². The molecule has 1 N–H and O–H groups in total. The molecule has 0 aromatic rings. The summed E-state index contributed by atoms with van der Waals surface area (Å²) < 4.78 is 0. The van der Waals surface area contributed by atoms with Crippen molar-refractivity contribution >= 4 is 11.9 Å². The number of carbonyl (C=O) groups is 2. The van der Waals surface area contributed by atoms with Gasteiger partial charge in [-0.2, -0.15) is 0 Å². The minimum atomic E-state index is -0.936. The third kappa shape index (κ3) is 5.21. The van der Waals surface area contributed by atoms with Gasteiger partial charge in [0.15, 0.2) is 0 Å². The van der Waals surface area contributed by atoms with Crippen LogP contribution >= 0.6 is 0 Å². The molecule has 0 unspecified atom stereocenters. The summed E-state index contributed by atoms with van der Waals surface area (Å²) in [5.74, 6) is -0.898. The zero-order chi connectivity index (χ0) is 14.5. The van der Waals surface area contributed by atoms with Crippen molar-refractivity contribution in [3.05, 3.63) is 0 Å². The molecular formula is C15H27NO3. The van der Waals surface area contributed by atoms with Gasteiger partial charge in [-0.3, -0.25) is 9.59 Å². The van der Waals surface area contributed by atoms with E-state index in [0.29, 0.717) is 0 Å². The SMILES string of the molecule is CC(C)(C)N(CC(=O)O)C(=O)C1CCCCCCC1. The first-order valence-corrected chi connectivity index (χ1v) is 7.35. The van der Waals surface area contributed by atoms with Crippen molar-refractivity contribution in [1.82, 2.24) is 4.90 Å². The van der Waals surface area contributed by atoms with Crippen LogP contribution in [0.15, 0.2) is 0 Å². The van der Waals surface area contributed by atoms with Crippen molar-refractivity contribution in [3.8, 4) is 0 Å². The molecule has 1 saturated carbocycles. The van der Waals surface area contributed by atoms with Gasteiger partial charge in [0.2, 0.25) is 5.91 Å². The number of carboxylic acid groups (broad SMARTS) is 1. The van der Waals surface area contributed by atoms with Gasteiger partial charge in [0.05, 0.1) is 0 Å². The van der Waals surface area contributed by atoms with Gasteiger partial charge in [-0.1, -0.05) is 32.1 Å². The van der Waals surface area contributed by atoms with E-state index < -0.39 is 11.5 Å². The molecule has 4 nitrogen and oxygen atoms in total. The third-order valence-electron chi connectivity index (χ3n) is 3.82. The van der Waals surface area contributed by atoms with Gasteiger partial charge >= 0.3 is 5.97 Å². The van der Waals surface area contributed by atoms with E-state index in [4.69, 9.17) is 5.11 Å². The number of hydrogen-bond donors (Lipinski definition) is 1. The van der Waals surface area contributed by atoms with Crippen molar-refractivity contribution in [2.45, 2.75) is 71.3 Å². The Morgan fingerprint density at radius 1 is 1.05 bits per heavy atom. The molecule has 1 fully saturated rings. The maximum Gasteiger partial charge on any atom is 0.323 e. The van der Waals surface area contributed by atoms with E-state index in [1.54, 1.807) is 0 Å². The number of carboxylic acids is 1. The molecule has 0 aromatic heterocycles. The highest BCUT2D eigenvalue weighted by molar-refractivity contribution is 5.83. The molecule has 0 heterocycles. The average molecular weight is 269 g/mol. The number of nitrogens with zero attached hydrogens (tertiary/aromatic N) is 1. The highest BCUT2D eigenvalue weighted by atomic mass is 16.4. The first-order valence-electron chi connectivity index (χ1n) is 7.35. The molecule has 0 aliphatic heterocycles. The molecule has 0 bridgehead atoms. The zero-order valence-electron chi connectivity index (χ0n) is 12.4. The van der Waals surface area contributed by atoms with Crippen LogP contribution in [0.3, 0.4) is 0 Å². The standard InChI is InChI=1S/C15H27NO3/c1-15(2,3)16(11-13(17)18)14(19)12-9-7-5-4-6-8-10-12/h12H,4-11H2,1-3H3,(H,17,18). The van der Waals surface area contributed by atoms with Crippen LogP contribution in [-0.4, -0.2) is 34.0 Å². The van der Waals surface area contributed by atoms with Crippen molar-refractivity contribution in [2.24, 2.45) is 5.92 Å².